The van der Waals surface area contributed by atoms with Gasteiger partial charge >= 0.3 is 0 Å². The predicted octanol–water partition coefficient (Wildman–Crippen LogP) is 4.61. The van der Waals surface area contributed by atoms with Crippen molar-refractivity contribution in [3.63, 3.8) is 0 Å². The maximum absolute atomic E-state index is 15.1. The van der Waals surface area contributed by atoms with Gasteiger partial charge in [0.05, 0.1) is 32.3 Å². The number of benzene rings is 3. The molecule has 45 heavy (non-hydrogen) atoms. The summed E-state index contributed by atoms with van der Waals surface area (Å²) >= 11 is 5.25. The second kappa shape index (κ2) is 15.1. The molecule has 0 saturated carbocycles. The van der Waals surface area contributed by atoms with Crippen molar-refractivity contribution in [1.82, 2.24) is 15.2 Å². The van der Waals surface area contributed by atoms with Crippen LogP contribution >= 0.6 is 12.2 Å². The number of ether oxygens (including phenoxy) is 4. The number of anilines is 1. The van der Waals surface area contributed by atoms with Gasteiger partial charge in [0.15, 0.2) is 28.2 Å². The SMILES string of the molecule is COc1cc2c(Oc3ccc(NC(=S)NC(=O)Cc4cccc(C)c4)cc3F)ccnc2cc1OCC(O)CN1CCOCC1. The highest BCUT2D eigenvalue weighted by molar-refractivity contribution is 7.80. The second-order valence-electron chi connectivity index (χ2n) is 10.6. The highest BCUT2D eigenvalue weighted by Crippen LogP contribution is 2.38. The predicted molar refractivity (Wildman–Crippen MR) is 173 cm³/mol. The number of aryl methyl sites for hydroxylation is 1. The number of amides is 1. The van der Waals surface area contributed by atoms with Gasteiger partial charge in [-0.05, 0) is 49.0 Å². The fourth-order valence-corrected chi connectivity index (χ4v) is 5.16. The molecule has 0 aliphatic carbocycles. The number of fused-ring (bicyclic) bond motifs is 1. The first-order valence-corrected chi connectivity index (χ1v) is 14.9. The van der Waals surface area contributed by atoms with E-state index in [1.807, 2.05) is 31.2 Å². The van der Waals surface area contributed by atoms with Gasteiger partial charge in [-0.15, -0.1) is 0 Å². The van der Waals surface area contributed by atoms with Crippen molar-refractivity contribution in [2.24, 2.45) is 0 Å². The maximum Gasteiger partial charge on any atom is 0.230 e. The Morgan fingerprint density at radius 2 is 1.91 bits per heavy atom. The van der Waals surface area contributed by atoms with E-state index < -0.39 is 11.9 Å². The summed E-state index contributed by atoms with van der Waals surface area (Å²) in [7, 11) is 1.51. The Balaban J connectivity index is 1.21. The molecule has 3 aromatic carbocycles. The van der Waals surface area contributed by atoms with Crippen LogP contribution in [0.4, 0.5) is 10.1 Å². The lowest BCUT2D eigenvalue weighted by Crippen LogP contribution is -2.42. The number of pyridine rings is 1. The van der Waals surface area contributed by atoms with E-state index in [1.165, 1.54) is 19.2 Å². The average molecular weight is 635 g/mol. The zero-order valence-electron chi connectivity index (χ0n) is 25.0. The molecule has 1 amide bonds. The van der Waals surface area contributed by atoms with Crippen LogP contribution in [-0.4, -0.2) is 78.7 Å². The lowest BCUT2D eigenvalue weighted by atomic mass is 10.1. The summed E-state index contributed by atoms with van der Waals surface area (Å²) < 4.78 is 37.9. The van der Waals surface area contributed by atoms with Crippen molar-refractivity contribution in [3.05, 3.63) is 83.8 Å². The fourth-order valence-electron chi connectivity index (χ4n) is 4.93. The van der Waals surface area contributed by atoms with E-state index in [0.717, 1.165) is 24.2 Å². The quantitative estimate of drug-likeness (QED) is 0.202. The molecule has 10 nitrogen and oxygen atoms in total. The van der Waals surface area contributed by atoms with Gasteiger partial charge in [0.25, 0.3) is 0 Å². The molecule has 5 rings (SSSR count). The van der Waals surface area contributed by atoms with Crippen LogP contribution in [0.25, 0.3) is 10.9 Å². The number of carbonyl (C=O) groups excluding carboxylic acids is 1. The summed E-state index contributed by atoms with van der Waals surface area (Å²) in [5.41, 5.74) is 2.81. The van der Waals surface area contributed by atoms with Crippen LogP contribution < -0.4 is 24.8 Å². The number of nitrogens with one attached hydrogen (secondary N) is 2. The van der Waals surface area contributed by atoms with Gasteiger partial charge in [0.1, 0.15) is 18.5 Å². The number of nitrogens with zero attached hydrogens (tertiary/aromatic N) is 2. The van der Waals surface area contributed by atoms with Crippen LogP contribution in [0.2, 0.25) is 0 Å². The number of hydrogen-bond acceptors (Lipinski definition) is 9. The van der Waals surface area contributed by atoms with E-state index in [4.69, 9.17) is 31.2 Å². The summed E-state index contributed by atoms with van der Waals surface area (Å²) in [5, 5.41) is 16.6. The summed E-state index contributed by atoms with van der Waals surface area (Å²) in [6, 6.07) is 16.9. The molecule has 1 aliphatic heterocycles. The van der Waals surface area contributed by atoms with Gasteiger partial charge < -0.3 is 34.7 Å². The van der Waals surface area contributed by atoms with E-state index >= 15 is 4.39 Å². The normalized spacial score (nSPS) is 14.0. The molecule has 236 valence electrons. The molecule has 0 spiro atoms. The highest BCUT2D eigenvalue weighted by atomic mass is 32.1. The van der Waals surface area contributed by atoms with Crippen molar-refractivity contribution >= 4 is 39.8 Å². The van der Waals surface area contributed by atoms with E-state index in [1.54, 1.807) is 30.5 Å². The topological polar surface area (TPSA) is 114 Å². The van der Waals surface area contributed by atoms with Gasteiger partial charge in [-0.25, -0.2) is 4.39 Å². The number of carbonyl (C=O) groups is 1. The maximum atomic E-state index is 15.1. The molecule has 3 N–H and O–H groups in total. The summed E-state index contributed by atoms with van der Waals surface area (Å²) in [5.74, 6) is 0.246. The average Bonchev–Trinajstić information content (AvgIpc) is 3.01. The third-order valence-corrected chi connectivity index (χ3v) is 7.30. The molecule has 1 atom stereocenters. The lowest BCUT2D eigenvalue weighted by molar-refractivity contribution is -0.119. The summed E-state index contributed by atoms with van der Waals surface area (Å²) in [6.07, 6.45) is 1.02. The fraction of sp³-hybridized carbons (Fsp3) is 0.303. The standard InChI is InChI=1S/C33H35FN4O6S/c1-21-4-3-5-22(14-21)15-32(40)37-33(45)36-23-6-7-29(26(34)16-23)44-28-8-9-35-27-18-31(30(41-2)17-25(27)28)43-20-24(39)19-38-10-12-42-13-11-38/h3-9,14,16-18,24,39H,10-13,15,19-20H2,1-2H3,(H2,36,37,40,45). The Morgan fingerprint density at radius 1 is 1.09 bits per heavy atom. The summed E-state index contributed by atoms with van der Waals surface area (Å²) in [4.78, 5) is 18.9. The molecule has 1 unspecified atom stereocenters. The van der Waals surface area contributed by atoms with Crippen molar-refractivity contribution in [2.75, 3.05) is 51.9 Å². The molecule has 12 heteroatoms. The van der Waals surface area contributed by atoms with Gasteiger partial charge in [-0.3, -0.25) is 14.7 Å². The molecule has 1 fully saturated rings. The Labute approximate surface area is 266 Å². The van der Waals surface area contributed by atoms with Gasteiger partial charge in [-0.2, -0.15) is 0 Å². The number of aliphatic hydroxyl groups is 1. The Kier molecular flexibility index (Phi) is 10.7. The van der Waals surface area contributed by atoms with Gasteiger partial charge in [0, 0.05) is 49.0 Å². The van der Waals surface area contributed by atoms with Crippen LogP contribution in [0.15, 0.2) is 66.9 Å². The lowest BCUT2D eigenvalue weighted by Gasteiger charge is -2.28. The molecule has 1 aromatic heterocycles. The first kappa shape index (κ1) is 32.0. The van der Waals surface area contributed by atoms with Crippen LogP contribution in [0.5, 0.6) is 23.0 Å². The Hall–Kier alpha value is -4.36. The smallest absolute Gasteiger partial charge is 0.230 e. The minimum atomic E-state index is -0.698. The number of thiocarbonyl (C=S) groups is 1. The van der Waals surface area contributed by atoms with Gasteiger partial charge in [-0.1, -0.05) is 29.8 Å². The van der Waals surface area contributed by atoms with E-state index in [9.17, 15) is 9.90 Å². The first-order chi connectivity index (χ1) is 21.8. The molecule has 1 aliphatic rings. The monoisotopic (exact) mass is 634 g/mol. The third-order valence-electron chi connectivity index (χ3n) is 7.10. The van der Waals surface area contributed by atoms with Crippen LogP contribution in [0.1, 0.15) is 11.1 Å². The minimum Gasteiger partial charge on any atom is -0.493 e. The summed E-state index contributed by atoms with van der Waals surface area (Å²) in [6.45, 7) is 5.33. The van der Waals surface area contributed by atoms with Crippen molar-refractivity contribution in [1.29, 1.82) is 0 Å². The van der Waals surface area contributed by atoms with Crippen molar-refractivity contribution in [3.8, 4) is 23.0 Å². The number of morpholine rings is 1. The van der Waals surface area contributed by atoms with E-state index in [0.29, 0.717) is 53.6 Å². The first-order valence-electron chi connectivity index (χ1n) is 14.5. The minimum absolute atomic E-state index is 0.0204. The number of aliphatic hydroxyl groups excluding tert-OH is 1. The molecule has 1 saturated heterocycles. The van der Waals surface area contributed by atoms with Crippen molar-refractivity contribution in [2.45, 2.75) is 19.4 Å². The van der Waals surface area contributed by atoms with E-state index in [-0.39, 0.29) is 29.8 Å². The van der Waals surface area contributed by atoms with E-state index in [2.05, 4.69) is 20.5 Å². The largest absolute Gasteiger partial charge is 0.493 e. The number of β-amino-alcohol motifs (C(OH)–C–C–N with tert-alkyl or cyclic N) is 1. The number of aromatic nitrogens is 1. The molecule has 4 aromatic rings. The van der Waals surface area contributed by atoms with Crippen LogP contribution in [0, 0.1) is 12.7 Å². The number of rotatable bonds is 11. The second-order valence-corrected chi connectivity index (χ2v) is 11.0. The highest BCUT2D eigenvalue weighted by Gasteiger charge is 2.18. The number of halogens is 1. The number of hydrogen-bond donors (Lipinski definition) is 3. The Bertz CT molecular complexity index is 1670. The third kappa shape index (κ3) is 8.85. The van der Waals surface area contributed by atoms with Gasteiger partial charge in [0.2, 0.25) is 5.91 Å². The molecule has 2 heterocycles. The zero-order chi connectivity index (χ0) is 31.8. The molecule has 0 bridgehead atoms. The van der Waals surface area contributed by atoms with Crippen molar-refractivity contribution < 1.29 is 33.2 Å². The van der Waals surface area contributed by atoms with Crippen LogP contribution in [-0.2, 0) is 16.0 Å². The molecular weight excluding hydrogens is 599 g/mol. The Morgan fingerprint density at radius 3 is 2.67 bits per heavy atom. The van der Waals surface area contributed by atoms with Crippen LogP contribution in [0.3, 0.4) is 0 Å². The molecule has 0 radical (unpaired) electrons. The number of methoxy groups -OCH3 is 1. The molecular formula is C33H35FN4O6S. The zero-order valence-corrected chi connectivity index (χ0v) is 25.9.